The average Bonchev–Trinajstić information content (AvgIpc) is 2.45. The molecule has 0 atom stereocenters. The third-order valence-electron chi connectivity index (χ3n) is 2.75. The highest BCUT2D eigenvalue weighted by atomic mass is 35.5. The second kappa shape index (κ2) is 6.43. The van der Waals surface area contributed by atoms with Crippen LogP contribution in [0, 0.1) is 6.92 Å². The zero-order chi connectivity index (χ0) is 13.7. The Morgan fingerprint density at radius 1 is 1.26 bits per heavy atom. The standard InChI is InChI=1S/C15H16ClNO2/c1-11-6-15(13(8-16)9-17-11)19-10-12-4-3-5-14(7-12)18-2/h3-7,9H,8,10H2,1-2H3. The summed E-state index contributed by atoms with van der Waals surface area (Å²) in [4.78, 5) is 4.21. The number of hydrogen-bond acceptors (Lipinski definition) is 3. The molecule has 100 valence electrons. The lowest BCUT2D eigenvalue weighted by molar-refractivity contribution is 0.302. The van der Waals surface area contributed by atoms with E-state index in [-0.39, 0.29) is 0 Å². The maximum atomic E-state index is 5.87. The summed E-state index contributed by atoms with van der Waals surface area (Å²) in [6.45, 7) is 2.40. The predicted molar refractivity (Wildman–Crippen MR) is 75.9 cm³/mol. The van der Waals surface area contributed by atoms with E-state index in [0.717, 1.165) is 28.3 Å². The van der Waals surface area contributed by atoms with Crippen LogP contribution in [0.1, 0.15) is 16.8 Å². The Hall–Kier alpha value is -1.74. The number of rotatable bonds is 5. The second-order valence-electron chi connectivity index (χ2n) is 4.21. The van der Waals surface area contributed by atoms with Crippen molar-refractivity contribution >= 4 is 11.6 Å². The van der Waals surface area contributed by atoms with Gasteiger partial charge in [-0.3, -0.25) is 4.98 Å². The van der Waals surface area contributed by atoms with E-state index in [1.807, 2.05) is 37.3 Å². The lowest BCUT2D eigenvalue weighted by Crippen LogP contribution is -1.99. The van der Waals surface area contributed by atoms with Crippen LogP contribution in [0.25, 0.3) is 0 Å². The van der Waals surface area contributed by atoms with Gasteiger partial charge in [0, 0.05) is 23.5 Å². The molecule has 19 heavy (non-hydrogen) atoms. The van der Waals surface area contributed by atoms with Gasteiger partial charge in [0.15, 0.2) is 0 Å². The van der Waals surface area contributed by atoms with E-state index in [2.05, 4.69) is 4.98 Å². The smallest absolute Gasteiger partial charge is 0.127 e. The minimum atomic E-state index is 0.390. The molecule has 0 N–H and O–H groups in total. The van der Waals surface area contributed by atoms with E-state index in [9.17, 15) is 0 Å². The molecule has 0 saturated carbocycles. The SMILES string of the molecule is COc1cccc(COc2cc(C)ncc2CCl)c1. The third-order valence-corrected chi connectivity index (χ3v) is 3.04. The van der Waals surface area contributed by atoms with Crippen molar-refractivity contribution in [1.82, 2.24) is 4.98 Å². The first-order chi connectivity index (χ1) is 9.22. The van der Waals surface area contributed by atoms with Crippen molar-refractivity contribution in [3.05, 3.63) is 53.3 Å². The molecule has 3 nitrogen and oxygen atoms in total. The number of halogens is 1. The number of alkyl halides is 1. The molecule has 0 aliphatic heterocycles. The molecule has 0 aliphatic rings. The molecule has 4 heteroatoms. The summed E-state index contributed by atoms with van der Waals surface area (Å²) in [5.74, 6) is 2.00. The van der Waals surface area contributed by atoms with Crippen molar-refractivity contribution in [3.8, 4) is 11.5 Å². The van der Waals surface area contributed by atoms with E-state index in [4.69, 9.17) is 21.1 Å². The third kappa shape index (κ3) is 3.61. The molecule has 0 bridgehead atoms. The van der Waals surface area contributed by atoms with Crippen molar-refractivity contribution in [2.75, 3.05) is 7.11 Å². The highest BCUT2D eigenvalue weighted by Gasteiger charge is 2.05. The molecule has 0 spiro atoms. The van der Waals surface area contributed by atoms with Gasteiger partial charge in [-0.2, -0.15) is 0 Å². The lowest BCUT2D eigenvalue weighted by atomic mass is 10.2. The number of aryl methyl sites for hydroxylation is 1. The van der Waals surface area contributed by atoms with Crippen LogP contribution in [0.4, 0.5) is 0 Å². The Balaban J connectivity index is 2.11. The van der Waals surface area contributed by atoms with Crippen molar-refractivity contribution in [2.24, 2.45) is 0 Å². The van der Waals surface area contributed by atoms with Crippen LogP contribution in [-0.2, 0) is 12.5 Å². The molecule has 0 unspecified atom stereocenters. The van der Waals surface area contributed by atoms with Crippen molar-refractivity contribution < 1.29 is 9.47 Å². The van der Waals surface area contributed by atoms with E-state index >= 15 is 0 Å². The summed E-state index contributed by atoms with van der Waals surface area (Å²) >= 11 is 5.87. The largest absolute Gasteiger partial charge is 0.497 e. The fraction of sp³-hybridized carbons (Fsp3) is 0.267. The monoisotopic (exact) mass is 277 g/mol. The molecule has 1 aromatic heterocycles. The Labute approximate surface area is 118 Å². The topological polar surface area (TPSA) is 31.4 Å². The number of aromatic nitrogens is 1. The molecule has 0 saturated heterocycles. The zero-order valence-corrected chi connectivity index (χ0v) is 11.8. The molecule has 0 radical (unpaired) electrons. The highest BCUT2D eigenvalue weighted by Crippen LogP contribution is 2.22. The Morgan fingerprint density at radius 3 is 2.84 bits per heavy atom. The van der Waals surface area contributed by atoms with E-state index in [1.54, 1.807) is 13.3 Å². The molecule has 2 aromatic rings. The van der Waals surface area contributed by atoms with Gasteiger partial charge in [0.2, 0.25) is 0 Å². The van der Waals surface area contributed by atoms with Crippen molar-refractivity contribution in [3.63, 3.8) is 0 Å². The fourth-order valence-electron chi connectivity index (χ4n) is 1.72. The number of pyridine rings is 1. The summed E-state index contributed by atoms with van der Waals surface area (Å²) < 4.78 is 11.0. The van der Waals surface area contributed by atoms with Gasteiger partial charge in [-0.05, 0) is 24.6 Å². The van der Waals surface area contributed by atoms with Gasteiger partial charge in [-0.25, -0.2) is 0 Å². The average molecular weight is 278 g/mol. The molecular weight excluding hydrogens is 262 g/mol. The Bertz CT molecular complexity index is 558. The number of hydrogen-bond donors (Lipinski definition) is 0. The number of methoxy groups -OCH3 is 1. The summed E-state index contributed by atoms with van der Waals surface area (Å²) in [5.41, 5.74) is 2.86. The normalized spacial score (nSPS) is 10.3. The zero-order valence-electron chi connectivity index (χ0n) is 11.0. The molecule has 0 aliphatic carbocycles. The van der Waals surface area contributed by atoms with E-state index in [0.29, 0.717) is 12.5 Å². The maximum absolute atomic E-state index is 5.87. The van der Waals surface area contributed by atoms with Gasteiger partial charge in [0.05, 0.1) is 13.0 Å². The molecule has 1 heterocycles. The van der Waals surface area contributed by atoms with Crippen LogP contribution >= 0.6 is 11.6 Å². The number of ether oxygens (including phenoxy) is 2. The second-order valence-corrected chi connectivity index (χ2v) is 4.47. The van der Waals surface area contributed by atoms with Crippen molar-refractivity contribution in [2.45, 2.75) is 19.4 Å². The Morgan fingerprint density at radius 2 is 2.11 bits per heavy atom. The van der Waals surface area contributed by atoms with E-state index in [1.165, 1.54) is 0 Å². The van der Waals surface area contributed by atoms with Crippen LogP contribution in [0.15, 0.2) is 36.5 Å². The quantitative estimate of drug-likeness (QED) is 0.781. The number of benzene rings is 1. The summed E-state index contributed by atoms with van der Waals surface area (Å²) in [6.07, 6.45) is 1.75. The summed E-state index contributed by atoms with van der Waals surface area (Å²) in [6, 6.07) is 9.70. The first-order valence-corrected chi connectivity index (χ1v) is 6.53. The molecule has 2 rings (SSSR count). The van der Waals surface area contributed by atoms with Gasteiger partial charge >= 0.3 is 0 Å². The van der Waals surface area contributed by atoms with Crippen molar-refractivity contribution in [1.29, 1.82) is 0 Å². The fourth-order valence-corrected chi connectivity index (χ4v) is 1.92. The Kier molecular flexibility index (Phi) is 4.63. The highest BCUT2D eigenvalue weighted by molar-refractivity contribution is 6.17. The molecular formula is C15H16ClNO2. The first kappa shape index (κ1) is 13.7. The minimum Gasteiger partial charge on any atom is -0.497 e. The predicted octanol–water partition coefficient (Wildman–Crippen LogP) is 3.72. The molecule has 1 aromatic carbocycles. The van der Waals surface area contributed by atoms with Gasteiger partial charge < -0.3 is 9.47 Å². The summed E-state index contributed by atoms with van der Waals surface area (Å²) in [5, 5.41) is 0. The van der Waals surface area contributed by atoms with Crippen LogP contribution in [0.5, 0.6) is 11.5 Å². The first-order valence-electron chi connectivity index (χ1n) is 6.00. The van der Waals surface area contributed by atoms with Gasteiger partial charge in [0.1, 0.15) is 18.1 Å². The number of nitrogens with zero attached hydrogens (tertiary/aromatic N) is 1. The summed E-state index contributed by atoms with van der Waals surface area (Å²) in [7, 11) is 1.65. The van der Waals surface area contributed by atoms with Crippen LogP contribution in [0.2, 0.25) is 0 Å². The van der Waals surface area contributed by atoms with Gasteiger partial charge in [-0.15, -0.1) is 11.6 Å². The maximum Gasteiger partial charge on any atom is 0.127 e. The van der Waals surface area contributed by atoms with Crippen LogP contribution in [0.3, 0.4) is 0 Å². The van der Waals surface area contributed by atoms with Crippen LogP contribution in [-0.4, -0.2) is 12.1 Å². The van der Waals surface area contributed by atoms with E-state index < -0.39 is 0 Å². The lowest BCUT2D eigenvalue weighted by Gasteiger charge is -2.11. The minimum absolute atomic E-state index is 0.390. The molecule has 0 fully saturated rings. The van der Waals surface area contributed by atoms with Gasteiger partial charge in [0.25, 0.3) is 0 Å². The molecule has 0 amide bonds. The van der Waals surface area contributed by atoms with Crippen LogP contribution < -0.4 is 9.47 Å². The van der Waals surface area contributed by atoms with Gasteiger partial charge in [-0.1, -0.05) is 12.1 Å².